The molecule has 0 rings (SSSR count). The number of hydrogen-bond donors (Lipinski definition) is 1. The largest absolute Gasteiger partial charge is 0.384 e. The lowest BCUT2D eigenvalue weighted by Gasteiger charge is -2.23. The summed E-state index contributed by atoms with van der Waals surface area (Å²) < 4.78 is 10.4. The van der Waals surface area contributed by atoms with E-state index in [2.05, 4.69) is 26.1 Å². The first kappa shape index (κ1) is 13.9. The zero-order valence-corrected chi connectivity index (χ0v) is 10.2. The smallest absolute Gasteiger partial charge is 0.0634 e. The van der Waals surface area contributed by atoms with Gasteiger partial charge in [-0.05, 0) is 39.3 Å². The molecule has 0 aromatic rings. The van der Waals surface area contributed by atoms with E-state index < -0.39 is 0 Å². The van der Waals surface area contributed by atoms with Crippen LogP contribution in [0.5, 0.6) is 0 Å². The summed E-state index contributed by atoms with van der Waals surface area (Å²) in [6, 6.07) is 0. The highest BCUT2D eigenvalue weighted by Crippen LogP contribution is 2.11. The Hall–Kier alpha value is -0.120. The van der Waals surface area contributed by atoms with Crippen LogP contribution in [0, 0.1) is 5.92 Å². The first-order chi connectivity index (χ1) is 6.52. The predicted molar refractivity (Wildman–Crippen MR) is 59.6 cm³/mol. The van der Waals surface area contributed by atoms with E-state index in [0.29, 0.717) is 5.92 Å². The highest BCUT2D eigenvalue weighted by Gasteiger charge is 2.15. The van der Waals surface area contributed by atoms with Crippen molar-refractivity contribution in [2.75, 3.05) is 33.9 Å². The van der Waals surface area contributed by atoms with Crippen LogP contribution in [0.3, 0.4) is 0 Å². The molecule has 0 aliphatic heterocycles. The van der Waals surface area contributed by atoms with Crippen molar-refractivity contribution in [3.8, 4) is 0 Å². The quantitative estimate of drug-likeness (QED) is 0.609. The second-order valence-electron chi connectivity index (χ2n) is 4.48. The molecule has 0 aliphatic carbocycles. The zero-order chi connectivity index (χ0) is 11.0. The molecule has 0 heterocycles. The molecule has 14 heavy (non-hydrogen) atoms. The first-order valence-corrected chi connectivity index (χ1v) is 5.26. The summed E-state index contributed by atoms with van der Waals surface area (Å²) in [6.07, 6.45) is 1.03. The molecule has 86 valence electrons. The summed E-state index contributed by atoms with van der Waals surface area (Å²) in [5, 5.41) is 3.40. The van der Waals surface area contributed by atoms with Gasteiger partial charge in [-0.3, -0.25) is 0 Å². The third-order valence-corrected chi connectivity index (χ3v) is 2.40. The molecule has 0 saturated carbocycles. The van der Waals surface area contributed by atoms with Gasteiger partial charge in [0.05, 0.1) is 5.60 Å². The summed E-state index contributed by atoms with van der Waals surface area (Å²) in [7, 11) is 3.50. The van der Waals surface area contributed by atoms with Crippen LogP contribution in [0.4, 0.5) is 0 Å². The van der Waals surface area contributed by atoms with Gasteiger partial charge in [-0.1, -0.05) is 6.92 Å². The molecular weight excluding hydrogens is 178 g/mol. The normalized spacial score (nSPS) is 14.4. The molecule has 0 radical (unpaired) electrons. The van der Waals surface area contributed by atoms with E-state index in [4.69, 9.17) is 9.47 Å². The average Bonchev–Trinajstić information content (AvgIpc) is 2.13. The van der Waals surface area contributed by atoms with Gasteiger partial charge in [0.25, 0.3) is 0 Å². The maximum Gasteiger partial charge on any atom is 0.0634 e. The molecule has 3 heteroatoms. The third-order valence-electron chi connectivity index (χ3n) is 2.40. The Morgan fingerprint density at radius 2 is 1.93 bits per heavy atom. The lowest BCUT2D eigenvalue weighted by molar-refractivity contribution is 0.0156. The van der Waals surface area contributed by atoms with Crippen molar-refractivity contribution < 1.29 is 9.47 Å². The highest BCUT2D eigenvalue weighted by molar-refractivity contribution is 4.69. The van der Waals surface area contributed by atoms with Crippen molar-refractivity contribution in [2.45, 2.75) is 32.8 Å². The fraction of sp³-hybridized carbons (Fsp3) is 1.00. The molecule has 1 unspecified atom stereocenters. The van der Waals surface area contributed by atoms with Crippen LogP contribution in [0.25, 0.3) is 0 Å². The summed E-state index contributed by atoms with van der Waals surface area (Å²) in [4.78, 5) is 0. The van der Waals surface area contributed by atoms with Gasteiger partial charge >= 0.3 is 0 Å². The Kier molecular flexibility index (Phi) is 7.15. The minimum atomic E-state index is -0.0164. The van der Waals surface area contributed by atoms with Crippen molar-refractivity contribution in [1.82, 2.24) is 5.32 Å². The minimum Gasteiger partial charge on any atom is -0.384 e. The number of hydrogen-bond acceptors (Lipinski definition) is 3. The Labute approximate surface area is 88.2 Å². The Morgan fingerprint density at radius 1 is 1.29 bits per heavy atom. The zero-order valence-electron chi connectivity index (χ0n) is 10.2. The topological polar surface area (TPSA) is 30.5 Å². The number of ether oxygens (including phenoxy) is 2. The Balaban J connectivity index is 3.37. The van der Waals surface area contributed by atoms with Gasteiger partial charge in [0.1, 0.15) is 0 Å². The number of nitrogens with one attached hydrogen (secondary N) is 1. The van der Waals surface area contributed by atoms with Gasteiger partial charge in [-0.15, -0.1) is 0 Å². The molecule has 0 bridgehead atoms. The minimum absolute atomic E-state index is 0.0164. The summed E-state index contributed by atoms with van der Waals surface area (Å²) >= 11 is 0. The van der Waals surface area contributed by atoms with E-state index in [1.165, 1.54) is 0 Å². The number of rotatable bonds is 8. The first-order valence-electron chi connectivity index (χ1n) is 5.26. The van der Waals surface area contributed by atoms with E-state index >= 15 is 0 Å². The molecule has 3 nitrogen and oxygen atoms in total. The molecule has 0 aliphatic rings. The fourth-order valence-corrected chi connectivity index (χ4v) is 1.18. The van der Waals surface area contributed by atoms with Crippen molar-refractivity contribution in [3.63, 3.8) is 0 Å². The van der Waals surface area contributed by atoms with Crippen LogP contribution in [0.2, 0.25) is 0 Å². The monoisotopic (exact) mass is 203 g/mol. The maximum atomic E-state index is 5.33. The molecule has 0 amide bonds. The van der Waals surface area contributed by atoms with Gasteiger partial charge in [0, 0.05) is 20.8 Å². The van der Waals surface area contributed by atoms with Gasteiger partial charge in [-0.25, -0.2) is 0 Å². The van der Waals surface area contributed by atoms with E-state index in [1.54, 1.807) is 14.2 Å². The van der Waals surface area contributed by atoms with Gasteiger partial charge in [0.2, 0.25) is 0 Å². The van der Waals surface area contributed by atoms with Crippen molar-refractivity contribution in [3.05, 3.63) is 0 Å². The standard InChI is InChI=1S/C11H25NO2/c1-10(9-13-4)8-12-7-6-11(2,3)14-5/h10,12H,6-9H2,1-5H3. The Morgan fingerprint density at radius 3 is 2.43 bits per heavy atom. The van der Waals surface area contributed by atoms with Crippen LogP contribution in [0.15, 0.2) is 0 Å². The maximum absolute atomic E-state index is 5.33. The second-order valence-corrected chi connectivity index (χ2v) is 4.48. The lowest BCUT2D eigenvalue weighted by Crippen LogP contribution is -2.31. The van der Waals surface area contributed by atoms with Gasteiger partial charge in [-0.2, -0.15) is 0 Å². The molecule has 0 saturated heterocycles. The molecule has 0 spiro atoms. The average molecular weight is 203 g/mol. The summed E-state index contributed by atoms with van der Waals surface area (Å²) in [5.74, 6) is 0.575. The molecule has 0 aromatic carbocycles. The second kappa shape index (κ2) is 7.21. The van der Waals surface area contributed by atoms with E-state index in [-0.39, 0.29) is 5.60 Å². The molecule has 1 N–H and O–H groups in total. The Bertz CT molecular complexity index is 137. The fourth-order valence-electron chi connectivity index (χ4n) is 1.18. The lowest BCUT2D eigenvalue weighted by atomic mass is 10.1. The van der Waals surface area contributed by atoms with Gasteiger partial charge < -0.3 is 14.8 Å². The third kappa shape index (κ3) is 7.30. The summed E-state index contributed by atoms with van der Waals surface area (Å²) in [5.41, 5.74) is -0.0164. The summed E-state index contributed by atoms with van der Waals surface area (Å²) in [6.45, 7) is 9.21. The molecule has 0 fully saturated rings. The van der Waals surface area contributed by atoms with Gasteiger partial charge in [0.15, 0.2) is 0 Å². The molecular formula is C11H25NO2. The molecule has 1 atom stereocenters. The molecule has 0 aromatic heterocycles. The van der Waals surface area contributed by atoms with E-state index in [9.17, 15) is 0 Å². The van der Waals surface area contributed by atoms with Crippen LogP contribution in [-0.4, -0.2) is 39.5 Å². The van der Waals surface area contributed by atoms with Crippen molar-refractivity contribution in [1.29, 1.82) is 0 Å². The van der Waals surface area contributed by atoms with Crippen molar-refractivity contribution in [2.24, 2.45) is 5.92 Å². The highest BCUT2D eigenvalue weighted by atomic mass is 16.5. The van der Waals surface area contributed by atoms with Crippen LogP contribution in [-0.2, 0) is 9.47 Å². The van der Waals surface area contributed by atoms with Crippen LogP contribution in [0.1, 0.15) is 27.2 Å². The van der Waals surface area contributed by atoms with Crippen LogP contribution < -0.4 is 5.32 Å². The van der Waals surface area contributed by atoms with E-state index in [1.807, 2.05) is 0 Å². The van der Waals surface area contributed by atoms with E-state index in [0.717, 1.165) is 26.1 Å². The van der Waals surface area contributed by atoms with Crippen molar-refractivity contribution >= 4 is 0 Å². The number of methoxy groups -OCH3 is 2. The predicted octanol–water partition coefficient (Wildman–Crippen LogP) is 1.67. The van der Waals surface area contributed by atoms with Crippen LogP contribution >= 0.6 is 0 Å². The SMILES string of the molecule is COCC(C)CNCCC(C)(C)OC.